The SMILES string of the molecule is CC(C)[Si](O[C@H]1CC=C[C@@H]1COCc1ccccc1)(C(C)C)C(C)C. The van der Waals surface area contributed by atoms with Gasteiger partial charge < -0.3 is 9.16 Å². The molecule has 0 heterocycles. The Balaban J connectivity index is 1.98. The third-order valence-corrected chi connectivity index (χ3v) is 11.8. The number of hydrogen-bond acceptors (Lipinski definition) is 2. The van der Waals surface area contributed by atoms with Crippen LogP contribution < -0.4 is 0 Å². The third kappa shape index (κ3) is 4.84. The summed E-state index contributed by atoms with van der Waals surface area (Å²) in [5, 5.41) is 0. The molecule has 0 aromatic heterocycles. The molecule has 0 N–H and O–H groups in total. The van der Waals surface area contributed by atoms with Crippen molar-refractivity contribution in [2.45, 2.75) is 77.3 Å². The molecule has 0 saturated heterocycles. The number of ether oxygens (including phenoxy) is 1. The van der Waals surface area contributed by atoms with Crippen molar-refractivity contribution in [2.75, 3.05) is 6.61 Å². The summed E-state index contributed by atoms with van der Waals surface area (Å²) in [6.07, 6.45) is 5.90. The average Bonchev–Trinajstić information content (AvgIpc) is 2.99. The molecule has 1 aromatic rings. The number of rotatable bonds is 9. The van der Waals surface area contributed by atoms with Crippen LogP contribution in [0.5, 0.6) is 0 Å². The van der Waals surface area contributed by atoms with E-state index in [-0.39, 0.29) is 6.10 Å². The van der Waals surface area contributed by atoms with Gasteiger partial charge in [0, 0.05) is 5.92 Å². The summed E-state index contributed by atoms with van der Waals surface area (Å²) < 4.78 is 13.0. The normalized spacial score (nSPS) is 21.0. The molecule has 0 fully saturated rings. The first kappa shape index (κ1) is 20.4. The molecule has 2 rings (SSSR count). The molecule has 2 atom stereocenters. The van der Waals surface area contributed by atoms with Crippen LogP contribution in [-0.2, 0) is 15.8 Å². The first-order chi connectivity index (χ1) is 11.9. The Bertz CT molecular complexity index is 514. The minimum atomic E-state index is -1.83. The van der Waals surface area contributed by atoms with Gasteiger partial charge in [0.1, 0.15) is 0 Å². The van der Waals surface area contributed by atoms with Gasteiger partial charge in [-0.2, -0.15) is 0 Å². The van der Waals surface area contributed by atoms with Crippen LogP contribution in [0, 0.1) is 5.92 Å². The molecule has 3 heteroatoms. The van der Waals surface area contributed by atoms with E-state index in [4.69, 9.17) is 9.16 Å². The molecule has 0 radical (unpaired) electrons. The first-order valence-electron chi connectivity index (χ1n) is 9.84. The third-order valence-electron chi connectivity index (χ3n) is 5.71. The minimum Gasteiger partial charge on any atom is -0.412 e. The van der Waals surface area contributed by atoms with Crippen molar-refractivity contribution in [1.29, 1.82) is 0 Å². The van der Waals surface area contributed by atoms with E-state index in [0.717, 1.165) is 13.0 Å². The van der Waals surface area contributed by atoms with Gasteiger partial charge in [-0.15, -0.1) is 0 Å². The fourth-order valence-corrected chi connectivity index (χ4v) is 10.2. The lowest BCUT2D eigenvalue weighted by Gasteiger charge is -2.45. The smallest absolute Gasteiger partial charge is 0.200 e. The Hall–Kier alpha value is -0.903. The topological polar surface area (TPSA) is 18.5 Å². The van der Waals surface area contributed by atoms with Crippen molar-refractivity contribution in [3.05, 3.63) is 48.0 Å². The van der Waals surface area contributed by atoms with Crippen molar-refractivity contribution >= 4 is 8.32 Å². The molecule has 140 valence electrons. The Morgan fingerprint density at radius 1 is 0.960 bits per heavy atom. The standard InChI is InChI=1S/C22H36O2Si/c1-17(2)25(18(3)4,19(5)6)24-22-14-10-13-21(22)16-23-15-20-11-8-7-9-12-20/h7-13,17-19,21-22H,14-16H2,1-6H3/t21-,22+/m1/s1. The second kappa shape index (κ2) is 9.16. The van der Waals surface area contributed by atoms with Gasteiger partial charge in [0.25, 0.3) is 0 Å². The van der Waals surface area contributed by atoms with Gasteiger partial charge in [0.2, 0.25) is 8.32 Å². The van der Waals surface area contributed by atoms with Gasteiger partial charge in [0.15, 0.2) is 0 Å². The van der Waals surface area contributed by atoms with Gasteiger partial charge in [-0.05, 0) is 28.6 Å². The Morgan fingerprint density at radius 2 is 1.56 bits per heavy atom. The molecule has 0 spiro atoms. The fraction of sp³-hybridized carbons (Fsp3) is 0.636. The highest BCUT2D eigenvalue weighted by Gasteiger charge is 2.47. The van der Waals surface area contributed by atoms with E-state index in [0.29, 0.717) is 29.1 Å². The highest BCUT2D eigenvalue weighted by molar-refractivity contribution is 6.77. The fourth-order valence-electron chi connectivity index (χ4n) is 4.54. The van der Waals surface area contributed by atoms with Crippen molar-refractivity contribution in [1.82, 2.24) is 0 Å². The summed E-state index contributed by atoms with van der Waals surface area (Å²) >= 11 is 0. The van der Waals surface area contributed by atoms with Crippen LogP contribution in [0.1, 0.15) is 53.5 Å². The van der Waals surface area contributed by atoms with Gasteiger partial charge >= 0.3 is 0 Å². The summed E-state index contributed by atoms with van der Waals surface area (Å²) in [5.41, 5.74) is 3.11. The van der Waals surface area contributed by atoms with Crippen LogP contribution in [0.2, 0.25) is 16.6 Å². The molecule has 25 heavy (non-hydrogen) atoms. The van der Waals surface area contributed by atoms with E-state index in [9.17, 15) is 0 Å². The van der Waals surface area contributed by atoms with Gasteiger partial charge in [-0.1, -0.05) is 84.0 Å². The predicted octanol–water partition coefficient (Wildman–Crippen LogP) is 6.34. The molecule has 0 unspecified atom stereocenters. The average molecular weight is 361 g/mol. The predicted molar refractivity (Wildman–Crippen MR) is 109 cm³/mol. The number of benzene rings is 1. The van der Waals surface area contributed by atoms with E-state index < -0.39 is 8.32 Å². The summed E-state index contributed by atoms with van der Waals surface area (Å²) in [7, 11) is -1.83. The van der Waals surface area contributed by atoms with Crippen molar-refractivity contribution in [2.24, 2.45) is 5.92 Å². The van der Waals surface area contributed by atoms with Gasteiger partial charge in [-0.3, -0.25) is 0 Å². The quantitative estimate of drug-likeness (QED) is 0.378. The van der Waals surface area contributed by atoms with Crippen LogP contribution in [-0.4, -0.2) is 21.0 Å². The first-order valence-corrected chi connectivity index (χ1v) is 12.0. The largest absolute Gasteiger partial charge is 0.412 e. The lowest BCUT2D eigenvalue weighted by atomic mass is 10.1. The van der Waals surface area contributed by atoms with E-state index in [2.05, 4.69) is 78.0 Å². The van der Waals surface area contributed by atoms with Gasteiger partial charge in [0.05, 0.1) is 19.3 Å². The molecule has 2 nitrogen and oxygen atoms in total. The van der Waals surface area contributed by atoms with Crippen molar-refractivity contribution < 1.29 is 9.16 Å². The molecule has 1 aromatic carbocycles. The molecule has 0 aliphatic heterocycles. The highest BCUT2D eigenvalue weighted by Crippen LogP contribution is 2.44. The summed E-state index contributed by atoms with van der Waals surface area (Å²) in [6, 6.07) is 10.4. The van der Waals surface area contributed by atoms with Crippen molar-refractivity contribution in [3.63, 3.8) is 0 Å². The maximum Gasteiger partial charge on any atom is 0.200 e. The monoisotopic (exact) mass is 360 g/mol. The molecular weight excluding hydrogens is 324 g/mol. The highest BCUT2D eigenvalue weighted by atomic mass is 28.4. The Kier molecular flexibility index (Phi) is 7.47. The van der Waals surface area contributed by atoms with E-state index >= 15 is 0 Å². The molecule has 0 saturated carbocycles. The minimum absolute atomic E-state index is 0.287. The zero-order valence-electron chi connectivity index (χ0n) is 16.9. The lowest BCUT2D eigenvalue weighted by molar-refractivity contribution is 0.0506. The molecule has 0 amide bonds. The van der Waals surface area contributed by atoms with Crippen LogP contribution in [0.25, 0.3) is 0 Å². The second-order valence-electron chi connectivity index (χ2n) is 8.30. The molecule has 0 bridgehead atoms. The Morgan fingerprint density at radius 3 is 2.12 bits per heavy atom. The lowest BCUT2D eigenvalue weighted by Crippen LogP contribution is -2.51. The number of hydrogen-bond donors (Lipinski definition) is 0. The maximum absolute atomic E-state index is 7.00. The molecular formula is C22H36O2Si. The second-order valence-corrected chi connectivity index (χ2v) is 13.7. The zero-order valence-corrected chi connectivity index (χ0v) is 17.9. The molecule has 1 aliphatic carbocycles. The van der Waals surface area contributed by atoms with E-state index in [1.165, 1.54) is 5.56 Å². The van der Waals surface area contributed by atoms with Crippen molar-refractivity contribution in [3.8, 4) is 0 Å². The maximum atomic E-state index is 7.00. The summed E-state index contributed by atoms with van der Waals surface area (Å²) in [5.74, 6) is 0.381. The summed E-state index contributed by atoms with van der Waals surface area (Å²) in [4.78, 5) is 0. The van der Waals surface area contributed by atoms with Crippen LogP contribution in [0.4, 0.5) is 0 Å². The Labute approximate surface area is 155 Å². The van der Waals surface area contributed by atoms with E-state index in [1.54, 1.807) is 0 Å². The van der Waals surface area contributed by atoms with Gasteiger partial charge in [-0.25, -0.2) is 0 Å². The zero-order chi connectivity index (χ0) is 18.4. The van der Waals surface area contributed by atoms with Crippen LogP contribution in [0.15, 0.2) is 42.5 Å². The van der Waals surface area contributed by atoms with Crippen LogP contribution >= 0.6 is 0 Å². The molecule has 1 aliphatic rings. The van der Waals surface area contributed by atoms with Crippen LogP contribution in [0.3, 0.4) is 0 Å². The van der Waals surface area contributed by atoms with E-state index in [1.807, 2.05) is 6.07 Å². The summed E-state index contributed by atoms with van der Waals surface area (Å²) in [6.45, 7) is 15.6.